The van der Waals surface area contributed by atoms with Crippen molar-refractivity contribution < 1.29 is 0 Å². The Morgan fingerprint density at radius 3 is 2.06 bits per heavy atom. The van der Waals surface area contributed by atoms with Crippen LogP contribution in [0.2, 0.25) is 0 Å². The molecule has 1 aliphatic rings. The third-order valence-corrected chi connectivity index (χ3v) is 3.97. The summed E-state index contributed by atoms with van der Waals surface area (Å²) in [6.45, 7) is 15.2. The minimum atomic E-state index is 0.614. The maximum atomic E-state index is 3.71. The highest BCUT2D eigenvalue weighted by molar-refractivity contribution is 4.85. The Morgan fingerprint density at radius 2 is 1.59 bits per heavy atom. The third-order valence-electron chi connectivity index (χ3n) is 3.97. The zero-order valence-corrected chi connectivity index (χ0v) is 12.7. The predicted molar refractivity (Wildman–Crippen MR) is 76.4 cm³/mol. The van der Waals surface area contributed by atoms with Crippen LogP contribution in [0.25, 0.3) is 0 Å². The molecule has 102 valence electrons. The Bertz CT molecular complexity index is 193. The molecule has 1 unspecified atom stereocenters. The number of nitrogens with one attached hydrogen (secondary N) is 1. The molecule has 0 amide bonds. The fourth-order valence-electron chi connectivity index (χ4n) is 3.15. The van der Waals surface area contributed by atoms with Crippen molar-refractivity contribution >= 4 is 0 Å². The van der Waals surface area contributed by atoms with Gasteiger partial charge >= 0.3 is 0 Å². The molecule has 0 radical (unpaired) electrons. The van der Waals surface area contributed by atoms with Crippen LogP contribution in [0.15, 0.2) is 0 Å². The fourth-order valence-corrected chi connectivity index (χ4v) is 3.15. The topological polar surface area (TPSA) is 15.3 Å². The monoisotopic (exact) mass is 240 g/mol. The molecule has 0 bridgehead atoms. The largest absolute Gasteiger partial charge is 0.312 e. The molecule has 17 heavy (non-hydrogen) atoms. The van der Waals surface area contributed by atoms with E-state index < -0.39 is 0 Å². The molecule has 0 saturated carbocycles. The number of likely N-dealkylation sites (tertiary alicyclic amines) is 1. The van der Waals surface area contributed by atoms with E-state index in [0.29, 0.717) is 12.1 Å². The van der Waals surface area contributed by atoms with Gasteiger partial charge in [-0.15, -0.1) is 0 Å². The summed E-state index contributed by atoms with van der Waals surface area (Å²) >= 11 is 0. The lowest BCUT2D eigenvalue weighted by molar-refractivity contribution is 0.121. The van der Waals surface area contributed by atoms with E-state index in [1.165, 1.54) is 25.8 Å². The summed E-state index contributed by atoms with van der Waals surface area (Å²) in [5.41, 5.74) is 0. The van der Waals surface area contributed by atoms with E-state index in [1.54, 1.807) is 0 Å². The van der Waals surface area contributed by atoms with Crippen molar-refractivity contribution in [2.75, 3.05) is 6.54 Å². The quantitative estimate of drug-likeness (QED) is 0.811. The first-order valence-electron chi connectivity index (χ1n) is 7.43. The molecule has 1 saturated heterocycles. The lowest BCUT2D eigenvalue weighted by Gasteiger charge is -2.35. The van der Waals surface area contributed by atoms with Crippen molar-refractivity contribution in [2.24, 2.45) is 5.92 Å². The minimum absolute atomic E-state index is 0.614. The zero-order chi connectivity index (χ0) is 13.0. The average molecular weight is 240 g/mol. The average Bonchev–Trinajstić information content (AvgIpc) is 2.39. The molecule has 0 aliphatic carbocycles. The maximum absolute atomic E-state index is 3.71. The van der Waals surface area contributed by atoms with Crippen molar-refractivity contribution in [1.29, 1.82) is 0 Å². The van der Waals surface area contributed by atoms with Crippen LogP contribution >= 0.6 is 0 Å². The van der Waals surface area contributed by atoms with E-state index in [0.717, 1.165) is 18.0 Å². The van der Waals surface area contributed by atoms with Gasteiger partial charge < -0.3 is 5.32 Å². The molecule has 0 aromatic heterocycles. The summed E-state index contributed by atoms with van der Waals surface area (Å²) in [4.78, 5) is 2.71. The van der Waals surface area contributed by atoms with E-state index in [9.17, 15) is 0 Å². The predicted octanol–water partition coefficient (Wildman–Crippen LogP) is 3.27. The van der Waals surface area contributed by atoms with Gasteiger partial charge in [0.05, 0.1) is 0 Å². The van der Waals surface area contributed by atoms with E-state index in [1.807, 2.05) is 0 Å². The molecule has 2 heteroatoms. The van der Waals surface area contributed by atoms with Crippen molar-refractivity contribution in [1.82, 2.24) is 10.2 Å². The fraction of sp³-hybridized carbons (Fsp3) is 1.00. The van der Waals surface area contributed by atoms with Gasteiger partial charge in [0, 0.05) is 30.7 Å². The molecule has 1 N–H and O–H groups in total. The minimum Gasteiger partial charge on any atom is -0.312 e. The van der Waals surface area contributed by atoms with Gasteiger partial charge in [-0.05, 0) is 39.0 Å². The highest BCUT2D eigenvalue weighted by atomic mass is 15.2. The number of hydrogen-bond donors (Lipinski definition) is 1. The van der Waals surface area contributed by atoms with Crippen LogP contribution in [0, 0.1) is 5.92 Å². The number of rotatable bonds is 4. The lowest BCUT2D eigenvalue weighted by Crippen LogP contribution is -2.43. The first-order valence-corrected chi connectivity index (χ1v) is 7.43. The normalized spacial score (nSPS) is 28.1. The summed E-state index contributed by atoms with van der Waals surface area (Å²) < 4.78 is 0. The molecule has 0 aromatic carbocycles. The number of nitrogens with zero attached hydrogens (tertiary/aromatic N) is 1. The highest BCUT2D eigenvalue weighted by Crippen LogP contribution is 2.24. The van der Waals surface area contributed by atoms with Gasteiger partial charge in [-0.2, -0.15) is 0 Å². The first-order chi connectivity index (χ1) is 7.91. The molecule has 1 aliphatic heterocycles. The zero-order valence-electron chi connectivity index (χ0n) is 12.7. The summed E-state index contributed by atoms with van der Waals surface area (Å²) in [7, 11) is 0. The van der Waals surface area contributed by atoms with Crippen LogP contribution in [0.4, 0.5) is 0 Å². The van der Waals surface area contributed by atoms with Gasteiger partial charge in [0.25, 0.3) is 0 Å². The molecule has 0 aromatic rings. The van der Waals surface area contributed by atoms with Crippen molar-refractivity contribution in [3.05, 3.63) is 0 Å². The maximum Gasteiger partial charge on any atom is 0.0121 e. The molecule has 2 atom stereocenters. The molecule has 2 nitrogen and oxygen atoms in total. The highest BCUT2D eigenvalue weighted by Gasteiger charge is 2.28. The Balaban J connectivity index is 2.62. The molecule has 1 heterocycles. The molecular formula is C15H32N2. The van der Waals surface area contributed by atoms with E-state index >= 15 is 0 Å². The van der Waals surface area contributed by atoms with Crippen LogP contribution in [0.5, 0.6) is 0 Å². The van der Waals surface area contributed by atoms with Crippen LogP contribution in [-0.4, -0.2) is 35.6 Å². The van der Waals surface area contributed by atoms with Gasteiger partial charge in [-0.1, -0.05) is 27.7 Å². The van der Waals surface area contributed by atoms with Gasteiger partial charge in [-0.25, -0.2) is 0 Å². The smallest absolute Gasteiger partial charge is 0.0121 e. The molecule has 1 rings (SSSR count). The standard InChI is InChI=1S/C15H32N2/c1-11(2)15-8-7-14(16-12(3)4)9-10-17(15)13(5)6/h11-16H,7-10H2,1-6H3/t14?,15-/m1/s1. The van der Waals surface area contributed by atoms with Crippen LogP contribution < -0.4 is 5.32 Å². The number of hydrogen-bond acceptors (Lipinski definition) is 2. The SMILES string of the molecule is CC(C)NC1CC[C@H](C(C)C)N(C(C)C)CC1. The van der Waals surface area contributed by atoms with Crippen LogP contribution in [-0.2, 0) is 0 Å². The lowest BCUT2D eigenvalue weighted by atomic mass is 9.96. The first kappa shape index (κ1) is 15.0. The molecule has 0 spiro atoms. The molecule has 1 fully saturated rings. The Labute approximate surface area is 108 Å². The van der Waals surface area contributed by atoms with E-state index in [4.69, 9.17) is 0 Å². The van der Waals surface area contributed by atoms with Crippen molar-refractivity contribution in [3.63, 3.8) is 0 Å². The second-order valence-corrected chi connectivity index (χ2v) is 6.53. The third kappa shape index (κ3) is 4.59. The van der Waals surface area contributed by atoms with Gasteiger partial charge in [-0.3, -0.25) is 4.90 Å². The Morgan fingerprint density at radius 1 is 0.941 bits per heavy atom. The summed E-state index contributed by atoms with van der Waals surface area (Å²) in [5.74, 6) is 0.773. The second kappa shape index (κ2) is 6.75. The van der Waals surface area contributed by atoms with Crippen LogP contribution in [0.1, 0.15) is 60.8 Å². The second-order valence-electron chi connectivity index (χ2n) is 6.53. The Hall–Kier alpha value is -0.0800. The Kier molecular flexibility index (Phi) is 5.94. The van der Waals surface area contributed by atoms with E-state index in [-0.39, 0.29) is 0 Å². The van der Waals surface area contributed by atoms with Gasteiger partial charge in [0.1, 0.15) is 0 Å². The van der Waals surface area contributed by atoms with Crippen LogP contribution in [0.3, 0.4) is 0 Å². The summed E-state index contributed by atoms with van der Waals surface area (Å²) in [6.07, 6.45) is 3.99. The van der Waals surface area contributed by atoms with Crippen molar-refractivity contribution in [2.45, 2.75) is 85.0 Å². The van der Waals surface area contributed by atoms with Crippen molar-refractivity contribution in [3.8, 4) is 0 Å². The summed E-state index contributed by atoms with van der Waals surface area (Å²) in [6, 6.07) is 2.79. The van der Waals surface area contributed by atoms with E-state index in [2.05, 4.69) is 51.8 Å². The van der Waals surface area contributed by atoms with Gasteiger partial charge in [0.15, 0.2) is 0 Å². The summed E-state index contributed by atoms with van der Waals surface area (Å²) in [5, 5.41) is 3.71. The molecular weight excluding hydrogens is 208 g/mol. The van der Waals surface area contributed by atoms with Gasteiger partial charge in [0.2, 0.25) is 0 Å².